The first kappa shape index (κ1) is 7.56. The second-order valence-corrected chi connectivity index (χ2v) is 4.00. The standard InChI is InChI=1S/C8H7BrClN/c9-6-3-4-7(5-1-2-5)11-8(6)10/h3-5H,1-2H2. The third-order valence-electron chi connectivity index (χ3n) is 1.82. The summed E-state index contributed by atoms with van der Waals surface area (Å²) in [4.78, 5) is 4.25. The summed E-state index contributed by atoms with van der Waals surface area (Å²) < 4.78 is 0.878. The summed E-state index contributed by atoms with van der Waals surface area (Å²) in [5.41, 5.74) is 1.14. The topological polar surface area (TPSA) is 12.9 Å². The zero-order valence-electron chi connectivity index (χ0n) is 5.85. The molecule has 1 heterocycles. The van der Waals surface area contributed by atoms with E-state index in [9.17, 15) is 0 Å². The minimum atomic E-state index is 0.578. The Hall–Kier alpha value is -0.0800. The number of rotatable bonds is 1. The molecule has 0 N–H and O–H groups in total. The largest absolute Gasteiger partial charge is 0.240 e. The van der Waals surface area contributed by atoms with Crippen LogP contribution in [0.4, 0.5) is 0 Å². The number of hydrogen-bond donors (Lipinski definition) is 0. The summed E-state index contributed by atoms with van der Waals surface area (Å²) in [7, 11) is 0. The van der Waals surface area contributed by atoms with Gasteiger partial charge in [-0.25, -0.2) is 4.98 Å². The molecule has 0 aromatic carbocycles. The molecule has 0 amide bonds. The van der Waals surface area contributed by atoms with Crippen LogP contribution in [0.15, 0.2) is 16.6 Å². The van der Waals surface area contributed by atoms with Gasteiger partial charge in [0.1, 0.15) is 5.15 Å². The fraction of sp³-hybridized carbons (Fsp3) is 0.375. The molecule has 0 saturated heterocycles. The maximum absolute atomic E-state index is 5.83. The van der Waals surface area contributed by atoms with Crippen molar-refractivity contribution in [3.05, 3.63) is 27.5 Å². The predicted molar refractivity (Wildman–Crippen MR) is 48.9 cm³/mol. The van der Waals surface area contributed by atoms with Crippen LogP contribution >= 0.6 is 27.5 Å². The molecule has 1 saturated carbocycles. The molecule has 0 spiro atoms. The van der Waals surface area contributed by atoms with E-state index in [2.05, 4.69) is 20.9 Å². The molecule has 1 nitrogen and oxygen atoms in total. The Labute approximate surface area is 78.9 Å². The molecular weight excluding hydrogens is 225 g/mol. The van der Waals surface area contributed by atoms with Gasteiger partial charge in [-0.15, -0.1) is 0 Å². The van der Waals surface area contributed by atoms with Crippen LogP contribution in [0, 0.1) is 0 Å². The highest BCUT2D eigenvalue weighted by Gasteiger charge is 2.25. The van der Waals surface area contributed by atoms with E-state index in [1.807, 2.05) is 12.1 Å². The van der Waals surface area contributed by atoms with E-state index in [0.717, 1.165) is 10.2 Å². The molecule has 1 aromatic heterocycles. The second-order valence-electron chi connectivity index (χ2n) is 2.78. The molecule has 1 aliphatic carbocycles. The van der Waals surface area contributed by atoms with Gasteiger partial charge in [-0.2, -0.15) is 0 Å². The van der Waals surface area contributed by atoms with Crippen molar-refractivity contribution in [2.24, 2.45) is 0 Å². The van der Waals surface area contributed by atoms with Crippen LogP contribution in [-0.2, 0) is 0 Å². The van der Waals surface area contributed by atoms with E-state index < -0.39 is 0 Å². The molecule has 1 fully saturated rings. The van der Waals surface area contributed by atoms with Crippen LogP contribution in [0.2, 0.25) is 5.15 Å². The Morgan fingerprint density at radius 2 is 2.18 bits per heavy atom. The van der Waals surface area contributed by atoms with Gasteiger partial charge in [0.05, 0.1) is 4.47 Å². The predicted octanol–water partition coefficient (Wildman–Crippen LogP) is 3.37. The van der Waals surface area contributed by atoms with E-state index in [0.29, 0.717) is 11.1 Å². The van der Waals surface area contributed by atoms with Crippen molar-refractivity contribution in [1.82, 2.24) is 4.98 Å². The highest BCUT2D eigenvalue weighted by molar-refractivity contribution is 9.10. The summed E-state index contributed by atoms with van der Waals surface area (Å²) in [5, 5.41) is 0.578. The van der Waals surface area contributed by atoms with Crippen LogP contribution in [0.1, 0.15) is 24.5 Å². The SMILES string of the molecule is Clc1nc(C2CC2)ccc1Br. The summed E-state index contributed by atoms with van der Waals surface area (Å²) in [6.45, 7) is 0. The summed E-state index contributed by atoms with van der Waals surface area (Å²) in [5.74, 6) is 0.681. The Kier molecular flexibility index (Phi) is 1.90. The first-order valence-corrected chi connectivity index (χ1v) is 4.76. The van der Waals surface area contributed by atoms with Crippen LogP contribution in [0.5, 0.6) is 0 Å². The van der Waals surface area contributed by atoms with E-state index in [4.69, 9.17) is 11.6 Å². The lowest BCUT2D eigenvalue weighted by molar-refractivity contribution is 1.02. The molecule has 1 aromatic rings. The van der Waals surface area contributed by atoms with Gasteiger partial charge < -0.3 is 0 Å². The Morgan fingerprint density at radius 3 is 2.73 bits per heavy atom. The summed E-state index contributed by atoms with van der Waals surface area (Å²) in [6.07, 6.45) is 2.54. The third-order valence-corrected chi connectivity index (χ3v) is 2.98. The summed E-state index contributed by atoms with van der Waals surface area (Å²) >= 11 is 9.13. The quantitative estimate of drug-likeness (QED) is 0.677. The maximum Gasteiger partial charge on any atom is 0.143 e. The lowest BCUT2D eigenvalue weighted by Crippen LogP contribution is -1.86. The van der Waals surface area contributed by atoms with Gasteiger partial charge in [0, 0.05) is 11.6 Å². The average molecular weight is 233 g/mol. The van der Waals surface area contributed by atoms with Crippen molar-refractivity contribution in [2.45, 2.75) is 18.8 Å². The van der Waals surface area contributed by atoms with Gasteiger partial charge in [0.2, 0.25) is 0 Å². The molecule has 1 aliphatic rings. The van der Waals surface area contributed by atoms with Crippen molar-refractivity contribution < 1.29 is 0 Å². The number of hydrogen-bond acceptors (Lipinski definition) is 1. The fourth-order valence-corrected chi connectivity index (χ4v) is 1.42. The van der Waals surface area contributed by atoms with Gasteiger partial charge in [-0.3, -0.25) is 0 Å². The van der Waals surface area contributed by atoms with Crippen LogP contribution in [0.3, 0.4) is 0 Å². The van der Waals surface area contributed by atoms with Crippen molar-refractivity contribution in [2.75, 3.05) is 0 Å². The fourth-order valence-electron chi connectivity index (χ4n) is 1.04. The zero-order valence-corrected chi connectivity index (χ0v) is 8.19. The molecule has 58 valence electrons. The molecule has 0 bridgehead atoms. The highest BCUT2D eigenvalue weighted by Crippen LogP contribution is 2.39. The third kappa shape index (κ3) is 1.57. The Morgan fingerprint density at radius 1 is 1.45 bits per heavy atom. The second kappa shape index (κ2) is 2.76. The monoisotopic (exact) mass is 231 g/mol. The van der Waals surface area contributed by atoms with Gasteiger partial charge in [0.25, 0.3) is 0 Å². The number of halogens is 2. The van der Waals surface area contributed by atoms with Crippen LogP contribution in [0.25, 0.3) is 0 Å². The lowest BCUT2D eigenvalue weighted by atomic mass is 10.2. The lowest BCUT2D eigenvalue weighted by Gasteiger charge is -1.98. The Bertz CT molecular complexity index is 283. The van der Waals surface area contributed by atoms with E-state index in [1.54, 1.807) is 0 Å². The van der Waals surface area contributed by atoms with Gasteiger partial charge in [-0.05, 0) is 40.9 Å². The molecule has 0 radical (unpaired) electrons. The first-order chi connectivity index (χ1) is 5.27. The number of nitrogens with zero attached hydrogens (tertiary/aromatic N) is 1. The van der Waals surface area contributed by atoms with Crippen molar-refractivity contribution in [3.63, 3.8) is 0 Å². The van der Waals surface area contributed by atoms with E-state index in [-0.39, 0.29) is 0 Å². The minimum Gasteiger partial charge on any atom is -0.240 e. The maximum atomic E-state index is 5.83. The van der Waals surface area contributed by atoms with Crippen molar-refractivity contribution in [3.8, 4) is 0 Å². The van der Waals surface area contributed by atoms with Crippen LogP contribution < -0.4 is 0 Å². The molecule has 3 heteroatoms. The molecule has 11 heavy (non-hydrogen) atoms. The normalized spacial score (nSPS) is 16.9. The number of aromatic nitrogens is 1. The van der Waals surface area contributed by atoms with Gasteiger partial charge in [0.15, 0.2) is 0 Å². The zero-order chi connectivity index (χ0) is 7.84. The summed E-state index contributed by atoms with van der Waals surface area (Å²) in [6, 6.07) is 4.00. The average Bonchev–Trinajstić information content (AvgIpc) is 2.77. The van der Waals surface area contributed by atoms with E-state index >= 15 is 0 Å². The van der Waals surface area contributed by atoms with E-state index in [1.165, 1.54) is 12.8 Å². The van der Waals surface area contributed by atoms with Crippen molar-refractivity contribution in [1.29, 1.82) is 0 Å². The molecule has 2 rings (SSSR count). The Balaban J connectivity index is 2.36. The van der Waals surface area contributed by atoms with Crippen LogP contribution in [-0.4, -0.2) is 4.98 Å². The van der Waals surface area contributed by atoms with Gasteiger partial charge >= 0.3 is 0 Å². The van der Waals surface area contributed by atoms with Gasteiger partial charge in [-0.1, -0.05) is 11.6 Å². The molecule has 0 atom stereocenters. The highest BCUT2D eigenvalue weighted by atomic mass is 79.9. The minimum absolute atomic E-state index is 0.578. The molecule has 0 unspecified atom stereocenters. The number of pyridine rings is 1. The van der Waals surface area contributed by atoms with Crippen molar-refractivity contribution >= 4 is 27.5 Å². The smallest absolute Gasteiger partial charge is 0.143 e. The first-order valence-electron chi connectivity index (χ1n) is 3.59. The molecule has 0 aliphatic heterocycles. The molecular formula is C8H7BrClN.